The van der Waals surface area contributed by atoms with Crippen molar-refractivity contribution in [2.24, 2.45) is 0 Å². The van der Waals surface area contributed by atoms with E-state index in [1.807, 2.05) is 4.90 Å². The van der Waals surface area contributed by atoms with Crippen LogP contribution in [0, 0.1) is 0 Å². The molecule has 0 saturated carbocycles. The van der Waals surface area contributed by atoms with E-state index in [2.05, 4.69) is 0 Å². The van der Waals surface area contributed by atoms with Crippen LogP contribution in [0.2, 0.25) is 25.1 Å². The minimum Gasteiger partial charge on any atom is -0.306 e. The topological polar surface area (TPSA) is 3.24 Å². The van der Waals surface area contributed by atoms with E-state index in [4.69, 9.17) is 58.0 Å². The Morgan fingerprint density at radius 1 is 0.611 bits per heavy atom. The molecular weight excluding hydrogens is 335 g/mol. The number of anilines is 3. The number of rotatable bonds is 1. The van der Waals surface area contributed by atoms with Crippen molar-refractivity contribution in [2.45, 2.75) is 0 Å². The predicted molar refractivity (Wildman–Crippen MR) is 79.7 cm³/mol. The molecule has 0 spiro atoms. The molecule has 92 valence electrons. The van der Waals surface area contributed by atoms with Gasteiger partial charge in [-0.2, -0.15) is 0 Å². The molecule has 2 aromatic carbocycles. The lowest BCUT2D eigenvalue weighted by atomic mass is 10.1. The Balaban J connectivity index is 2.13. The van der Waals surface area contributed by atoms with Crippen molar-refractivity contribution in [3.05, 3.63) is 49.4 Å². The fourth-order valence-corrected chi connectivity index (χ4v) is 3.02. The Bertz CT molecular complexity index is 643. The highest BCUT2D eigenvalue weighted by atomic mass is 35.5. The van der Waals surface area contributed by atoms with Crippen LogP contribution in [0.3, 0.4) is 0 Å². The molecule has 18 heavy (non-hydrogen) atoms. The van der Waals surface area contributed by atoms with Crippen molar-refractivity contribution >= 4 is 75.1 Å². The molecule has 4 rings (SSSR count). The summed E-state index contributed by atoms with van der Waals surface area (Å²) in [5.41, 5.74) is 2.34. The van der Waals surface area contributed by atoms with E-state index in [0.717, 1.165) is 17.1 Å². The SMILES string of the molecule is Clc1cc2c(Cl)c(c1)N2c1cc(Cl)c(Cl)cc1Cl. The average molecular weight is 339 g/mol. The van der Waals surface area contributed by atoms with Crippen LogP contribution >= 0.6 is 58.0 Å². The van der Waals surface area contributed by atoms with Crippen molar-refractivity contribution in [3.63, 3.8) is 0 Å². The molecule has 0 amide bonds. The first-order valence-corrected chi connectivity index (χ1v) is 6.81. The molecule has 1 nitrogen and oxygen atoms in total. The molecule has 2 aromatic rings. The summed E-state index contributed by atoms with van der Waals surface area (Å²) in [6.07, 6.45) is 0. The molecule has 0 unspecified atom stereocenters. The summed E-state index contributed by atoms with van der Waals surface area (Å²) in [6.45, 7) is 0. The van der Waals surface area contributed by atoms with Gasteiger partial charge in [0.2, 0.25) is 0 Å². The fraction of sp³-hybridized carbons (Fsp3) is 0. The molecule has 0 aromatic heterocycles. The zero-order valence-corrected chi connectivity index (χ0v) is 12.4. The average Bonchev–Trinajstić information content (AvgIpc) is 2.33. The van der Waals surface area contributed by atoms with Gasteiger partial charge in [0, 0.05) is 5.02 Å². The normalized spacial score (nSPS) is 12.6. The van der Waals surface area contributed by atoms with Crippen molar-refractivity contribution in [2.75, 3.05) is 4.90 Å². The molecule has 0 N–H and O–H groups in total. The summed E-state index contributed by atoms with van der Waals surface area (Å²) >= 11 is 30.1. The lowest BCUT2D eigenvalue weighted by molar-refractivity contribution is 1.22. The molecule has 0 saturated heterocycles. The van der Waals surface area contributed by atoms with E-state index in [0.29, 0.717) is 25.1 Å². The number of nitrogens with zero attached hydrogens (tertiary/aromatic N) is 1. The molecule has 0 atom stereocenters. The maximum Gasteiger partial charge on any atom is 0.0888 e. The highest BCUT2D eigenvalue weighted by Crippen LogP contribution is 2.56. The van der Waals surface area contributed by atoms with E-state index < -0.39 is 0 Å². The fourth-order valence-electron chi connectivity index (χ4n) is 1.91. The lowest BCUT2D eigenvalue weighted by Crippen LogP contribution is -2.19. The summed E-state index contributed by atoms with van der Waals surface area (Å²) in [7, 11) is 0. The molecular formula is C12H4Cl5N. The van der Waals surface area contributed by atoms with Crippen LogP contribution < -0.4 is 4.90 Å². The van der Waals surface area contributed by atoms with Crippen LogP contribution in [0.25, 0.3) is 0 Å². The third kappa shape index (κ3) is 1.77. The molecule has 2 heterocycles. The van der Waals surface area contributed by atoms with Crippen molar-refractivity contribution < 1.29 is 0 Å². The summed E-state index contributed by atoms with van der Waals surface area (Å²) in [5.74, 6) is 0. The Labute approximate surface area is 129 Å². The largest absolute Gasteiger partial charge is 0.306 e. The highest BCUT2D eigenvalue weighted by molar-refractivity contribution is 6.45. The van der Waals surface area contributed by atoms with Gasteiger partial charge in [0.25, 0.3) is 0 Å². The monoisotopic (exact) mass is 337 g/mol. The Hall–Kier alpha value is -0.310. The van der Waals surface area contributed by atoms with E-state index in [1.54, 1.807) is 24.3 Å². The Morgan fingerprint density at radius 3 is 1.78 bits per heavy atom. The maximum absolute atomic E-state index is 6.17. The van der Waals surface area contributed by atoms with Crippen LogP contribution in [0.4, 0.5) is 17.1 Å². The maximum atomic E-state index is 6.17. The van der Waals surface area contributed by atoms with Gasteiger partial charge >= 0.3 is 0 Å². The van der Waals surface area contributed by atoms with Gasteiger partial charge in [0.15, 0.2) is 0 Å². The third-order valence-electron chi connectivity index (χ3n) is 2.71. The second-order valence-electron chi connectivity index (χ2n) is 3.81. The van der Waals surface area contributed by atoms with Crippen LogP contribution in [0.15, 0.2) is 24.3 Å². The number of hydrogen-bond acceptors (Lipinski definition) is 1. The van der Waals surface area contributed by atoms with Crippen LogP contribution in [0.1, 0.15) is 0 Å². The van der Waals surface area contributed by atoms with Crippen molar-refractivity contribution in [1.29, 1.82) is 0 Å². The number of benzene rings is 2. The molecule has 0 aliphatic carbocycles. The molecule has 2 aliphatic rings. The second kappa shape index (κ2) is 4.36. The van der Waals surface area contributed by atoms with Crippen molar-refractivity contribution in [1.82, 2.24) is 0 Å². The molecule has 6 heteroatoms. The van der Waals surface area contributed by atoms with Gasteiger partial charge in [0.1, 0.15) is 0 Å². The Kier molecular flexibility index (Phi) is 3.08. The van der Waals surface area contributed by atoms with Gasteiger partial charge in [-0.25, -0.2) is 0 Å². The van der Waals surface area contributed by atoms with Crippen LogP contribution in [-0.2, 0) is 0 Å². The van der Waals surface area contributed by atoms with Crippen molar-refractivity contribution in [3.8, 4) is 0 Å². The van der Waals surface area contributed by atoms with Gasteiger partial charge in [-0.05, 0) is 24.3 Å². The van der Waals surface area contributed by atoms with Crippen LogP contribution in [0.5, 0.6) is 0 Å². The number of fused-ring (bicyclic) bond motifs is 2. The predicted octanol–water partition coefficient (Wildman–Crippen LogP) is 6.74. The quantitative estimate of drug-likeness (QED) is 0.444. The smallest absolute Gasteiger partial charge is 0.0888 e. The molecule has 2 bridgehead atoms. The van der Waals surface area contributed by atoms with Gasteiger partial charge < -0.3 is 4.90 Å². The zero-order chi connectivity index (χ0) is 13.0. The van der Waals surface area contributed by atoms with E-state index in [-0.39, 0.29) is 0 Å². The van der Waals surface area contributed by atoms with E-state index >= 15 is 0 Å². The minimum atomic E-state index is 0.415. The highest BCUT2D eigenvalue weighted by Gasteiger charge is 2.31. The number of hydrogen-bond donors (Lipinski definition) is 0. The first-order valence-electron chi connectivity index (χ1n) is 4.93. The van der Waals surface area contributed by atoms with Gasteiger partial charge in [0.05, 0.1) is 37.2 Å². The van der Waals surface area contributed by atoms with Gasteiger partial charge in [-0.1, -0.05) is 58.0 Å². The first-order chi connectivity index (χ1) is 8.49. The van der Waals surface area contributed by atoms with E-state index in [9.17, 15) is 0 Å². The summed E-state index contributed by atoms with van der Waals surface area (Å²) in [6, 6.07) is 6.86. The Morgan fingerprint density at radius 2 is 1.17 bits per heavy atom. The van der Waals surface area contributed by atoms with Gasteiger partial charge in [-0.15, -0.1) is 0 Å². The minimum absolute atomic E-state index is 0.415. The molecule has 0 radical (unpaired) electrons. The molecule has 0 fully saturated rings. The first kappa shape index (κ1) is 12.7. The standard InChI is InChI=1S/C12H4Cl5N/c13-5-1-10-12(17)11(2-5)18(10)9-4-7(15)6(14)3-8(9)16/h1-4H. The van der Waals surface area contributed by atoms with E-state index in [1.165, 1.54) is 0 Å². The lowest BCUT2D eigenvalue weighted by Gasteiger charge is -2.36. The summed E-state index contributed by atoms with van der Waals surface area (Å²) in [4.78, 5) is 1.89. The van der Waals surface area contributed by atoms with Gasteiger partial charge in [-0.3, -0.25) is 0 Å². The molecule has 2 aliphatic heterocycles. The summed E-state index contributed by atoms with van der Waals surface area (Å²) < 4.78 is 0. The second-order valence-corrected chi connectivity index (χ2v) is 5.85. The zero-order valence-electron chi connectivity index (χ0n) is 8.65. The number of halogens is 5. The van der Waals surface area contributed by atoms with Crippen LogP contribution in [-0.4, -0.2) is 0 Å². The summed E-state index contributed by atoms with van der Waals surface area (Å²) in [5, 5.41) is 2.66. The third-order valence-corrected chi connectivity index (χ3v) is 4.34.